The zero-order valence-corrected chi connectivity index (χ0v) is 15.5. The smallest absolute Gasteiger partial charge is 0.427 e. The second-order valence-electron chi connectivity index (χ2n) is 8.66. The molecule has 3 N–H and O–H groups in total. The summed E-state index contributed by atoms with van der Waals surface area (Å²) in [7, 11) is -0.653. The van der Waals surface area contributed by atoms with Crippen LogP contribution in [0.5, 0.6) is 0 Å². The van der Waals surface area contributed by atoms with Crippen LogP contribution in [0, 0.1) is 5.92 Å². The van der Waals surface area contributed by atoms with Gasteiger partial charge in [0.05, 0.1) is 11.7 Å². The highest BCUT2D eigenvalue weighted by Gasteiger charge is 2.52. The molecule has 7 heteroatoms. The molecule has 24 heavy (non-hydrogen) atoms. The van der Waals surface area contributed by atoms with Crippen LogP contribution in [0.3, 0.4) is 0 Å². The highest BCUT2D eigenvalue weighted by molar-refractivity contribution is 6.42. The van der Waals surface area contributed by atoms with E-state index in [9.17, 15) is 9.82 Å². The molecule has 0 bridgehead atoms. The van der Waals surface area contributed by atoms with Gasteiger partial charge in [-0.3, -0.25) is 10.1 Å². The first kappa shape index (κ1) is 18.2. The molecule has 0 aromatic heterocycles. The van der Waals surface area contributed by atoms with Crippen LogP contribution in [-0.2, 0) is 9.45 Å². The van der Waals surface area contributed by atoms with Crippen LogP contribution in [0.15, 0.2) is 0 Å². The molecular formula is C17H32BN3O3. The Bertz CT molecular complexity index is 488. The summed E-state index contributed by atoms with van der Waals surface area (Å²) in [5, 5.41) is 17.0. The van der Waals surface area contributed by atoms with E-state index in [1.54, 1.807) is 0 Å². The summed E-state index contributed by atoms with van der Waals surface area (Å²) in [6.07, 6.45) is 4.73. The molecule has 1 spiro atoms. The number of amides is 1. The standard InChI is InChI=1S/C17H32BN3O3/c1-12(2)14-15(22)21(16(3,4)20-14)13-9-17(19-10-13)7-5-6-8-18(23)24-11-17/h12-14,19-20,23H,5-11H2,1-4H3/t13-,14+,17-/m1/s1. The van der Waals surface area contributed by atoms with Crippen molar-refractivity contribution >= 4 is 13.0 Å². The van der Waals surface area contributed by atoms with E-state index in [1.807, 2.05) is 0 Å². The fourth-order valence-corrected chi connectivity index (χ4v) is 4.63. The van der Waals surface area contributed by atoms with Gasteiger partial charge in [-0.05, 0) is 38.9 Å². The Hall–Kier alpha value is -0.625. The van der Waals surface area contributed by atoms with Gasteiger partial charge in [0.25, 0.3) is 0 Å². The fourth-order valence-electron chi connectivity index (χ4n) is 4.63. The van der Waals surface area contributed by atoms with E-state index in [2.05, 4.69) is 43.2 Å². The van der Waals surface area contributed by atoms with Crippen LogP contribution in [0.4, 0.5) is 0 Å². The minimum Gasteiger partial charge on any atom is -0.427 e. The second-order valence-corrected chi connectivity index (χ2v) is 8.66. The monoisotopic (exact) mass is 337 g/mol. The van der Waals surface area contributed by atoms with E-state index in [-0.39, 0.29) is 35.1 Å². The lowest BCUT2D eigenvalue weighted by molar-refractivity contribution is -0.134. The molecule has 3 aliphatic rings. The maximum Gasteiger partial charge on any atom is 0.454 e. The molecule has 1 amide bonds. The Balaban J connectivity index is 1.73. The van der Waals surface area contributed by atoms with Gasteiger partial charge >= 0.3 is 7.12 Å². The molecule has 0 saturated carbocycles. The van der Waals surface area contributed by atoms with Crippen molar-refractivity contribution in [2.75, 3.05) is 13.2 Å². The minimum atomic E-state index is -0.653. The number of hydrogen-bond acceptors (Lipinski definition) is 5. The normalized spacial score (nSPS) is 37.3. The molecule has 0 aromatic carbocycles. The van der Waals surface area contributed by atoms with E-state index < -0.39 is 7.12 Å². The summed E-state index contributed by atoms with van der Waals surface area (Å²) in [5.41, 5.74) is -0.440. The minimum absolute atomic E-state index is 0.105. The van der Waals surface area contributed by atoms with E-state index in [1.165, 1.54) is 0 Å². The van der Waals surface area contributed by atoms with Gasteiger partial charge in [-0.2, -0.15) is 0 Å². The topological polar surface area (TPSA) is 73.8 Å². The van der Waals surface area contributed by atoms with Crippen molar-refractivity contribution in [3.63, 3.8) is 0 Å². The summed E-state index contributed by atoms with van der Waals surface area (Å²) in [6.45, 7) is 9.68. The average Bonchev–Trinajstić information content (AvgIpc) is 2.99. The van der Waals surface area contributed by atoms with Crippen LogP contribution >= 0.6 is 0 Å². The molecule has 136 valence electrons. The predicted octanol–water partition coefficient (Wildman–Crippen LogP) is 0.961. The van der Waals surface area contributed by atoms with E-state index >= 15 is 0 Å². The molecule has 0 aliphatic carbocycles. The van der Waals surface area contributed by atoms with Gasteiger partial charge in [-0.25, -0.2) is 0 Å². The summed E-state index contributed by atoms with van der Waals surface area (Å²) in [5.74, 6) is 0.496. The Labute approximate surface area is 145 Å². The second kappa shape index (κ2) is 6.59. The Morgan fingerprint density at radius 2 is 2.12 bits per heavy atom. The molecule has 0 unspecified atom stereocenters. The van der Waals surface area contributed by atoms with Gasteiger partial charge in [0.1, 0.15) is 0 Å². The molecule has 3 saturated heterocycles. The molecule has 0 radical (unpaired) electrons. The first-order valence-corrected chi connectivity index (χ1v) is 9.40. The molecule has 3 aliphatic heterocycles. The fraction of sp³-hybridized carbons (Fsp3) is 0.941. The number of rotatable bonds is 2. The molecule has 3 fully saturated rings. The summed E-state index contributed by atoms with van der Waals surface area (Å²) in [4.78, 5) is 15.0. The highest BCUT2D eigenvalue weighted by atomic mass is 16.5. The van der Waals surface area contributed by atoms with E-state index in [0.29, 0.717) is 6.61 Å². The molecule has 3 rings (SSSR count). The predicted molar refractivity (Wildman–Crippen MR) is 94.4 cm³/mol. The van der Waals surface area contributed by atoms with Crippen LogP contribution in [0.1, 0.15) is 53.4 Å². The SMILES string of the molecule is CC(C)[C@@H]1NC(C)(C)N([C@H]2CN[C@]3(CCCCB(O)OC3)C2)C1=O. The molecule has 0 aromatic rings. The maximum atomic E-state index is 13.0. The summed E-state index contributed by atoms with van der Waals surface area (Å²) >= 11 is 0. The van der Waals surface area contributed by atoms with Crippen molar-refractivity contribution in [2.24, 2.45) is 5.92 Å². The Morgan fingerprint density at radius 1 is 1.38 bits per heavy atom. The van der Waals surface area contributed by atoms with Crippen LogP contribution in [-0.4, -0.2) is 59.4 Å². The van der Waals surface area contributed by atoms with Crippen molar-refractivity contribution in [3.05, 3.63) is 0 Å². The van der Waals surface area contributed by atoms with Crippen molar-refractivity contribution in [1.82, 2.24) is 15.5 Å². The van der Waals surface area contributed by atoms with E-state index in [4.69, 9.17) is 4.65 Å². The van der Waals surface area contributed by atoms with Crippen LogP contribution < -0.4 is 10.6 Å². The number of nitrogens with one attached hydrogen (secondary N) is 2. The van der Waals surface area contributed by atoms with Crippen molar-refractivity contribution in [3.8, 4) is 0 Å². The molecule has 3 heterocycles. The average molecular weight is 337 g/mol. The van der Waals surface area contributed by atoms with Gasteiger partial charge in [-0.1, -0.05) is 26.7 Å². The van der Waals surface area contributed by atoms with Gasteiger partial charge in [0, 0.05) is 24.7 Å². The zero-order chi connectivity index (χ0) is 17.5. The number of hydrogen-bond donors (Lipinski definition) is 3. The molecule has 3 atom stereocenters. The third-order valence-corrected chi connectivity index (χ3v) is 5.89. The van der Waals surface area contributed by atoms with Crippen LogP contribution in [0.2, 0.25) is 6.32 Å². The first-order chi connectivity index (χ1) is 11.2. The van der Waals surface area contributed by atoms with Crippen molar-refractivity contribution in [2.45, 2.75) is 83.0 Å². The largest absolute Gasteiger partial charge is 0.454 e. The lowest BCUT2D eigenvalue weighted by atomic mass is 9.78. The van der Waals surface area contributed by atoms with E-state index in [0.717, 1.165) is 38.5 Å². The highest BCUT2D eigenvalue weighted by Crippen LogP contribution is 2.36. The van der Waals surface area contributed by atoms with Gasteiger partial charge in [0.15, 0.2) is 0 Å². The van der Waals surface area contributed by atoms with Gasteiger partial charge in [-0.15, -0.1) is 0 Å². The van der Waals surface area contributed by atoms with Gasteiger partial charge < -0.3 is 19.9 Å². The third-order valence-electron chi connectivity index (χ3n) is 5.89. The van der Waals surface area contributed by atoms with Crippen LogP contribution in [0.25, 0.3) is 0 Å². The summed E-state index contributed by atoms with van der Waals surface area (Å²) < 4.78 is 5.64. The third kappa shape index (κ3) is 3.36. The Morgan fingerprint density at radius 3 is 2.79 bits per heavy atom. The van der Waals surface area contributed by atoms with Crippen molar-refractivity contribution < 1.29 is 14.5 Å². The molecule has 6 nitrogen and oxygen atoms in total. The number of carbonyl (C=O) groups excluding carboxylic acids is 1. The maximum absolute atomic E-state index is 13.0. The van der Waals surface area contributed by atoms with Crippen molar-refractivity contribution in [1.29, 1.82) is 0 Å². The first-order valence-electron chi connectivity index (χ1n) is 9.40. The quantitative estimate of drug-likeness (QED) is 0.655. The van der Waals surface area contributed by atoms with Gasteiger partial charge in [0.2, 0.25) is 5.91 Å². The summed E-state index contributed by atoms with van der Waals surface area (Å²) in [6, 6.07) is 0.0656. The zero-order valence-electron chi connectivity index (χ0n) is 15.5. The number of nitrogens with zero attached hydrogens (tertiary/aromatic N) is 1. The molecular weight excluding hydrogens is 305 g/mol. The lowest BCUT2D eigenvalue weighted by Gasteiger charge is -2.37. The Kier molecular flexibility index (Phi) is 4.99. The number of carbonyl (C=O) groups is 1. The lowest BCUT2D eigenvalue weighted by Crippen LogP contribution is -2.53.